The van der Waals surface area contributed by atoms with Gasteiger partial charge in [0.2, 0.25) is 5.91 Å². The summed E-state index contributed by atoms with van der Waals surface area (Å²) in [5, 5.41) is 3.93. The molecule has 0 aliphatic rings. The lowest BCUT2D eigenvalue weighted by atomic mass is 10.1. The van der Waals surface area contributed by atoms with Gasteiger partial charge in [-0.2, -0.15) is 0 Å². The number of aromatic nitrogens is 1. The Morgan fingerprint density at radius 3 is 2.95 bits per heavy atom. The molecule has 0 spiro atoms. The van der Waals surface area contributed by atoms with Gasteiger partial charge in [-0.1, -0.05) is 17.7 Å². The summed E-state index contributed by atoms with van der Waals surface area (Å²) >= 11 is 0. The zero-order valence-electron chi connectivity index (χ0n) is 11.1. The van der Waals surface area contributed by atoms with Crippen LogP contribution in [-0.2, 0) is 11.2 Å². The largest absolute Gasteiger partial charge is 0.356 e. The molecule has 2 rings (SSSR count). The Labute approximate surface area is 113 Å². The fraction of sp³-hybridized carbons (Fsp3) is 0.333. The van der Waals surface area contributed by atoms with Crippen LogP contribution in [0.25, 0.3) is 10.9 Å². The number of nitrogens with zero attached hydrogens (tertiary/aromatic N) is 1. The van der Waals surface area contributed by atoms with Crippen LogP contribution in [-0.4, -0.2) is 24.0 Å². The number of pyridine rings is 1. The first-order valence-electron chi connectivity index (χ1n) is 6.52. The van der Waals surface area contributed by atoms with Gasteiger partial charge in [0.1, 0.15) is 0 Å². The van der Waals surface area contributed by atoms with Crippen molar-refractivity contribution < 1.29 is 4.79 Å². The topological polar surface area (TPSA) is 68.0 Å². The minimum atomic E-state index is -0.00703. The summed E-state index contributed by atoms with van der Waals surface area (Å²) in [6.45, 7) is 3.27. The highest BCUT2D eigenvalue weighted by Crippen LogP contribution is 2.14. The Bertz CT molecular complexity index is 581. The fourth-order valence-corrected chi connectivity index (χ4v) is 1.94. The normalized spacial score (nSPS) is 10.6. The first kappa shape index (κ1) is 13.5. The van der Waals surface area contributed by atoms with E-state index >= 15 is 0 Å². The maximum Gasteiger partial charge on any atom is 0.226 e. The number of aryl methyl sites for hydroxylation is 1. The van der Waals surface area contributed by atoms with E-state index in [0.29, 0.717) is 19.5 Å². The van der Waals surface area contributed by atoms with Crippen molar-refractivity contribution >= 4 is 16.8 Å². The lowest BCUT2D eigenvalue weighted by molar-refractivity contribution is -0.120. The number of nitrogens with one attached hydrogen (secondary N) is 1. The molecule has 1 amide bonds. The van der Waals surface area contributed by atoms with Crippen molar-refractivity contribution in [1.29, 1.82) is 0 Å². The van der Waals surface area contributed by atoms with Crippen molar-refractivity contribution in [2.45, 2.75) is 19.8 Å². The Kier molecular flexibility index (Phi) is 4.47. The van der Waals surface area contributed by atoms with Crippen LogP contribution in [0.1, 0.15) is 17.7 Å². The predicted molar refractivity (Wildman–Crippen MR) is 76.9 cm³/mol. The van der Waals surface area contributed by atoms with Gasteiger partial charge in [0.25, 0.3) is 0 Å². The molecule has 3 N–H and O–H groups in total. The van der Waals surface area contributed by atoms with Gasteiger partial charge in [0, 0.05) is 11.9 Å². The molecule has 2 aromatic rings. The minimum Gasteiger partial charge on any atom is -0.356 e. The van der Waals surface area contributed by atoms with Gasteiger partial charge < -0.3 is 11.1 Å². The molecule has 0 atom stereocenters. The molecule has 0 aliphatic heterocycles. The van der Waals surface area contributed by atoms with Crippen LogP contribution >= 0.6 is 0 Å². The molecule has 0 saturated carbocycles. The first-order valence-corrected chi connectivity index (χ1v) is 6.52. The summed E-state index contributed by atoms with van der Waals surface area (Å²) in [6.07, 6.45) is 1.12. The third-order valence-corrected chi connectivity index (χ3v) is 2.95. The standard InChI is InChI=1S/C15H19N3O/c1-11-3-6-14-12(9-11)4-5-13(18-14)10-15(19)17-8-2-7-16/h3-6,9H,2,7-8,10,16H2,1H3,(H,17,19). The van der Waals surface area contributed by atoms with Crippen molar-refractivity contribution in [3.8, 4) is 0 Å². The summed E-state index contributed by atoms with van der Waals surface area (Å²) in [6, 6.07) is 10.0. The smallest absolute Gasteiger partial charge is 0.226 e. The lowest BCUT2D eigenvalue weighted by Gasteiger charge is -2.05. The number of nitrogens with two attached hydrogens (primary N) is 1. The third-order valence-electron chi connectivity index (χ3n) is 2.95. The number of fused-ring (bicyclic) bond motifs is 1. The summed E-state index contributed by atoms with van der Waals surface area (Å²) in [7, 11) is 0. The predicted octanol–water partition coefficient (Wildman–Crippen LogP) is 1.55. The van der Waals surface area contributed by atoms with Crippen LogP contribution in [0.15, 0.2) is 30.3 Å². The monoisotopic (exact) mass is 257 g/mol. The van der Waals surface area contributed by atoms with E-state index in [1.54, 1.807) is 0 Å². The molecule has 100 valence electrons. The SMILES string of the molecule is Cc1ccc2nc(CC(=O)NCCCN)ccc2c1. The number of carbonyl (C=O) groups excluding carboxylic acids is 1. The Morgan fingerprint density at radius 2 is 2.16 bits per heavy atom. The van der Waals surface area contributed by atoms with Gasteiger partial charge in [-0.15, -0.1) is 0 Å². The van der Waals surface area contributed by atoms with Crippen LogP contribution in [0.3, 0.4) is 0 Å². The Morgan fingerprint density at radius 1 is 1.32 bits per heavy atom. The minimum absolute atomic E-state index is 0.00703. The van der Waals surface area contributed by atoms with Crippen LogP contribution < -0.4 is 11.1 Å². The molecule has 4 nitrogen and oxygen atoms in total. The highest BCUT2D eigenvalue weighted by atomic mass is 16.1. The van der Waals surface area contributed by atoms with Crippen molar-refractivity contribution in [2.75, 3.05) is 13.1 Å². The van der Waals surface area contributed by atoms with E-state index in [9.17, 15) is 4.79 Å². The summed E-state index contributed by atoms with van der Waals surface area (Å²) < 4.78 is 0. The lowest BCUT2D eigenvalue weighted by Crippen LogP contribution is -2.27. The zero-order valence-corrected chi connectivity index (χ0v) is 11.1. The van der Waals surface area contributed by atoms with Gasteiger partial charge in [-0.3, -0.25) is 9.78 Å². The van der Waals surface area contributed by atoms with E-state index in [2.05, 4.69) is 23.3 Å². The number of hydrogen-bond donors (Lipinski definition) is 2. The molecule has 19 heavy (non-hydrogen) atoms. The van der Waals surface area contributed by atoms with Crippen molar-refractivity contribution in [3.05, 3.63) is 41.6 Å². The second kappa shape index (κ2) is 6.29. The Balaban J connectivity index is 2.05. The molecule has 1 aromatic carbocycles. The van der Waals surface area contributed by atoms with Gasteiger partial charge >= 0.3 is 0 Å². The van der Waals surface area contributed by atoms with Crippen LogP contribution in [0.5, 0.6) is 0 Å². The highest BCUT2D eigenvalue weighted by molar-refractivity contribution is 5.82. The molecule has 0 bridgehead atoms. The van der Waals surface area contributed by atoms with E-state index in [-0.39, 0.29) is 5.91 Å². The molecule has 0 saturated heterocycles. The number of hydrogen-bond acceptors (Lipinski definition) is 3. The third kappa shape index (κ3) is 3.76. The Hall–Kier alpha value is -1.94. The molecule has 1 heterocycles. The number of benzene rings is 1. The molecule has 1 aromatic heterocycles. The molecule has 0 aliphatic carbocycles. The first-order chi connectivity index (χ1) is 9.19. The van der Waals surface area contributed by atoms with Crippen LogP contribution in [0.2, 0.25) is 0 Å². The summed E-state index contributed by atoms with van der Waals surface area (Å²) in [5.41, 5.74) is 8.31. The zero-order chi connectivity index (χ0) is 13.7. The van der Waals surface area contributed by atoms with Crippen molar-refractivity contribution in [2.24, 2.45) is 5.73 Å². The van der Waals surface area contributed by atoms with E-state index in [1.807, 2.05) is 24.3 Å². The molecule has 0 fully saturated rings. The van der Waals surface area contributed by atoms with Gasteiger partial charge in [-0.25, -0.2) is 0 Å². The second-order valence-corrected chi connectivity index (χ2v) is 4.67. The highest BCUT2D eigenvalue weighted by Gasteiger charge is 2.05. The molecule has 0 unspecified atom stereocenters. The maximum absolute atomic E-state index is 11.7. The van der Waals surface area contributed by atoms with Crippen LogP contribution in [0, 0.1) is 6.92 Å². The van der Waals surface area contributed by atoms with Gasteiger partial charge in [-0.05, 0) is 38.1 Å². The van der Waals surface area contributed by atoms with E-state index in [0.717, 1.165) is 23.0 Å². The number of rotatable bonds is 5. The molecule has 4 heteroatoms. The molecule has 0 radical (unpaired) electrons. The maximum atomic E-state index is 11.7. The summed E-state index contributed by atoms with van der Waals surface area (Å²) in [4.78, 5) is 16.2. The number of carbonyl (C=O) groups is 1. The molecular weight excluding hydrogens is 238 g/mol. The van der Waals surface area contributed by atoms with E-state index in [1.165, 1.54) is 5.56 Å². The van der Waals surface area contributed by atoms with Gasteiger partial charge in [0.05, 0.1) is 17.6 Å². The number of amides is 1. The van der Waals surface area contributed by atoms with Crippen molar-refractivity contribution in [3.63, 3.8) is 0 Å². The van der Waals surface area contributed by atoms with E-state index < -0.39 is 0 Å². The van der Waals surface area contributed by atoms with E-state index in [4.69, 9.17) is 5.73 Å². The second-order valence-electron chi connectivity index (χ2n) is 4.67. The quantitative estimate of drug-likeness (QED) is 0.799. The fourth-order valence-electron chi connectivity index (χ4n) is 1.94. The van der Waals surface area contributed by atoms with Gasteiger partial charge in [0.15, 0.2) is 0 Å². The average molecular weight is 257 g/mol. The molecular formula is C15H19N3O. The van der Waals surface area contributed by atoms with Crippen molar-refractivity contribution in [1.82, 2.24) is 10.3 Å². The van der Waals surface area contributed by atoms with Crippen LogP contribution in [0.4, 0.5) is 0 Å². The summed E-state index contributed by atoms with van der Waals surface area (Å²) in [5.74, 6) is -0.00703. The average Bonchev–Trinajstić information content (AvgIpc) is 2.39.